The minimum absolute atomic E-state index is 0.0198. The van der Waals surface area contributed by atoms with E-state index >= 15 is 0 Å². The van der Waals surface area contributed by atoms with E-state index < -0.39 is 30.9 Å². The van der Waals surface area contributed by atoms with E-state index in [2.05, 4.69) is 5.10 Å². The minimum Gasteiger partial charge on any atom is -0.382 e. The maximum absolute atomic E-state index is 13.1. The van der Waals surface area contributed by atoms with Crippen LogP contribution in [0.15, 0.2) is 17.0 Å². The molecular formula is C16H14Cl2F5N5O2S. The van der Waals surface area contributed by atoms with E-state index in [4.69, 9.17) is 28.9 Å². The van der Waals surface area contributed by atoms with E-state index in [0.29, 0.717) is 30.2 Å². The Labute approximate surface area is 182 Å². The first-order chi connectivity index (χ1) is 14.1. The molecule has 7 nitrogen and oxygen atoms in total. The molecule has 0 atom stereocenters. The van der Waals surface area contributed by atoms with Crippen LogP contribution in [0.5, 0.6) is 0 Å². The van der Waals surface area contributed by atoms with E-state index in [1.807, 2.05) is 0 Å². The van der Waals surface area contributed by atoms with Gasteiger partial charge in [-0.25, -0.2) is 4.68 Å². The van der Waals surface area contributed by atoms with E-state index in [-0.39, 0.29) is 42.3 Å². The largest absolute Gasteiger partial charge is 0.382 e. The quantitative estimate of drug-likeness (QED) is 0.270. The third kappa shape index (κ3) is 5.38. The molecule has 0 fully saturated rings. The molecule has 1 aromatic heterocycles. The summed E-state index contributed by atoms with van der Waals surface area (Å²) in [5.74, 6) is -0.386. The van der Waals surface area contributed by atoms with E-state index in [0.717, 1.165) is 4.90 Å². The molecule has 0 aliphatic rings. The van der Waals surface area contributed by atoms with Gasteiger partial charge < -0.3 is 15.4 Å². The first-order valence-corrected chi connectivity index (χ1v) is 11.0. The highest BCUT2D eigenvalue weighted by atomic mass is 35.5. The number of rotatable bonds is 9. The average molecular weight is 506 g/mol. The zero-order valence-electron chi connectivity index (χ0n) is 15.4. The van der Waals surface area contributed by atoms with Crippen molar-refractivity contribution in [3.8, 4) is 11.8 Å². The molecule has 31 heavy (non-hydrogen) atoms. The second-order valence-corrected chi connectivity index (χ2v) is 9.50. The Hall–Kier alpha value is -2.56. The number of amides is 1. The average Bonchev–Trinajstić information content (AvgIpc) is 2.96. The maximum atomic E-state index is 13.1. The molecule has 170 valence electrons. The van der Waals surface area contributed by atoms with Crippen LogP contribution in [0.25, 0.3) is 5.69 Å². The molecule has 0 aliphatic carbocycles. The van der Waals surface area contributed by atoms with Gasteiger partial charge in [-0.1, -0.05) is 42.6 Å². The summed E-state index contributed by atoms with van der Waals surface area (Å²) in [5, 5.41) is 11.4. The second-order valence-electron chi connectivity index (χ2n) is 6.27. The first-order valence-electron chi connectivity index (χ1n) is 8.32. The summed E-state index contributed by atoms with van der Waals surface area (Å²) in [4.78, 5) is 20.6. The summed E-state index contributed by atoms with van der Waals surface area (Å²) in [5.41, 5.74) is 4.90. The number of nitrogen functional groups attached to an aromatic ring is 1. The molecule has 0 saturated carbocycles. The van der Waals surface area contributed by atoms with Crippen molar-refractivity contribution in [3.05, 3.63) is 27.9 Å². The van der Waals surface area contributed by atoms with Crippen molar-refractivity contribution in [2.24, 2.45) is 0 Å². The Kier molecular flexibility index (Phi) is 6.25. The molecule has 0 bridgehead atoms. The SMILES string of the molecule is N#Cc1nn(-c2c(Cl)cc(S(F)(F)(F)(F)F)cc2Cl)c(N)c1N(C=O)CCCCC=O. The lowest BCUT2D eigenvalue weighted by atomic mass is 10.2. The molecule has 2 N–H and O–H groups in total. The van der Waals surface area contributed by atoms with Crippen molar-refractivity contribution in [2.75, 3.05) is 17.2 Å². The van der Waals surface area contributed by atoms with Crippen LogP contribution in [-0.2, 0) is 9.59 Å². The topological polar surface area (TPSA) is 105 Å². The van der Waals surface area contributed by atoms with E-state index in [1.165, 1.54) is 0 Å². The molecule has 1 aromatic carbocycles. The second kappa shape index (κ2) is 7.85. The molecule has 0 aliphatic heterocycles. The molecule has 0 spiro atoms. The standard InChI is InChI=1S/C16H14Cl2F5N5O2S/c17-11-6-10(31(19,20,21,22)23)7-12(18)14(11)28-16(25)15(13(8-24)26-28)27(9-30)4-2-1-3-5-29/h5-7,9H,1-4,25H2. The van der Waals surface area contributed by atoms with Crippen molar-refractivity contribution >= 4 is 57.6 Å². The molecule has 0 saturated heterocycles. The highest BCUT2D eigenvalue weighted by Crippen LogP contribution is 3.02. The Bertz CT molecular complexity index is 1060. The van der Waals surface area contributed by atoms with E-state index in [9.17, 15) is 34.3 Å². The van der Waals surface area contributed by atoms with Gasteiger partial charge in [0.15, 0.2) is 11.5 Å². The number of carbonyl (C=O) groups excluding carboxylic acids is 2. The third-order valence-corrected chi connectivity index (χ3v) is 5.74. The van der Waals surface area contributed by atoms with Crippen molar-refractivity contribution in [1.82, 2.24) is 9.78 Å². The minimum atomic E-state index is -10.1. The molecule has 15 heteroatoms. The molecule has 0 unspecified atom stereocenters. The summed E-state index contributed by atoms with van der Waals surface area (Å²) in [6, 6.07) is 1.64. The van der Waals surface area contributed by atoms with Gasteiger partial charge in [0.2, 0.25) is 6.41 Å². The van der Waals surface area contributed by atoms with Crippen molar-refractivity contribution in [1.29, 1.82) is 5.26 Å². The highest BCUT2D eigenvalue weighted by Gasteiger charge is 2.65. The first kappa shape index (κ1) is 24.7. The van der Waals surface area contributed by atoms with Gasteiger partial charge in [0.05, 0.1) is 10.0 Å². The molecule has 2 aromatic rings. The number of halogens is 7. The van der Waals surface area contributed by atoms with Crippen molar-refractivity contribution < 1.29 is 29.0 Å². The van der Waals surface area contributed by atoms with Gasteiger partial charge in [-0.3, -0.25) is 4.79 Å². The van der Waals surface area contributed by atoms with Crippen LogP contribution in [-0.4, -0.2) is 29.0 Å². The number of aromatic nitrogens is 2. The van der Waals surface area contributed by atoms with Crippen LogP contribution < -0.4 is 10.6 Å². The fourth-order valence-corrected chi connectivity index (χ4v) is 4.10. The number of nitrogens with two attached hydrogens (primary N) is 1. The van der Waals surface area contributed by atoms with Gasteiger partial charge in [-0.2, -0.15) is 10.4 Å². The summed E-state index contributed by atoms with van der Waals surface area (Å²) in [6.07, 6.45) is 2.10. The Morgan fingerprint density at radius 3 is 2.19 bits per heavy atom. The van der Waals surface area contributed by atoms with Crippen LogP contribution in [0, 0.1) is 11.3 Å². The van der Waals surface area contributed by atoms with Crippen LogP contribution >= 0.6 is 33.4 Å². The zero-order valence-corrected chi connectivity index (χ0v) is 17.7. The molecule has 1 amide bonds. The van der Waals surface area contributed by atoms with Gasteiger partial charge >= 0.3 is 10.2 Å². The fourth-order valence-electron chi connectivity index (χ4n) is 2.65. The number of carbonyl (C=O) groups is 2. The predicted octanol–water partition coefficient (Wildman–Crippen LogP) is 5.62. The highest BCUT2D eigenvalue weighted by molar-refractivity contribution is 8.45. The zero-order chi connectivity index (χ0) is 23.7. The van der Waals surface area contributed by atoms with Crippen molar-refractivity contribution in [3.63, 3.8) is 0 Å². The van der Waals surface area contributed by atoms with Gasteiger partial charge in [0, 0.05) is 13.0 Å². The summed E-state index contributed by atoms with van der Waals surface area (Å²) < 4.78 is 66.2. The monoisotopic (exact) mass is 505 g/mol. The van der Waals surface area contributed by atoms with Gasteiger partial charge in [-0.15, -0.1) is 0 Å². The number of unbranched alkanes of at least 4 members (excludes halogenated alkanes) is 2. The lowest BCUT2D eigenvalue weighted by molar-refractivity contribution is -0.108. The molecular weight excluding hydrogens is 492 g/mol. The molecule has 0 radical (unpaired) electrons. The summed E-state index contributed by atoms with van der Waals surface area (Å²) in [7, 11) is -10.1. The van der Waals surface area contributed by atoms with Crippen LogP contribution in [0.2, 0.25) is 10.0 Å². The van der Waals surface area contributed by atoms with Gasteiger partial charge in [-0.05, 0) is 25.0 Å². The lowest BCUT2D eigenvalue weighted by Crippen LogP contribution is -2.24. The van der Waals surface area contributed by atoms with Crippen LogP contribution in [0.3, 0.4) is 0 Å². The third-order valence-electron chi connectivity index (χ3n) is 4.03. The number of nitrogens with zero attached hydrogens (tertiary/aromatic N) is 4. The van der Waals surface area contributed by atoms with E-state index in [1.54, 1.807) is 6.07 Å². The number of benzene rings is 1. The number of aldehydes is 1. The Balaban J connectivity index is 2.60. The lowest BCUT2D eigenvalue weighted by Gasteiger charge is -2.40. The van der Waals surface area contributed by atoms with Crippen LogP contribution in [0.4, 0.5) is 30.9 Å². The van der Waals surface area contributed by atoms with Crippen LogP contribution in [0.1, 0.15) is 25.0 Å². The molecule has 2 rings (SSSR count). The Morgan fingerprint density at radius 1 is 1.16 bits per heavy atom. The summed E-state index contributed by atoms with van der Waals surface area (Å²) in [6.45, 7) is 0.0481. The number of hydrogen-bond donors (Lipinski definition) is 1. The number of anilines is 2. The normalized spacial score (nSPS) is 13.7. The van der Waals surface area contributed by atoms with Crippen molar-refractivity contribution in [2.45, 2.75) is 24.2 Å². The Morgan fingerprint density at radius 2 is 1.74 bits per heavy atom. The molecule has 1 heterocycles. The van der Waals surface area contributed by atoms with Gasteiger partial charge in [0.1, 0.15) is 28.6 Å². The fraction of sp³-hybridized carbons (Fsp3) is 0.250. The number of nitriles is 1. The van der Waals surface area contributed by atoms with Gasteiger partial charge in [0.25, 0.3) is 0 Å². The number of hydrogen-bond acceptors (Lipinski definition) is 5. The maximum Gasteiger partial charge on any atom is 0.310 e. The summed E-state index contributed by atoms with van der Waals surface area (Å²) >= 11 is 11.6. The smallest absolute Gasteiger partial charge is 0.310 e. The predicted molar refractivity (Wildman–Crippen MR) is 107 cm³/mol.